The topological polar surface area (TPSA) is 50.4 Å². The van der Waals surface area contributed by atoms with E-state index >= 15 is 0 Å². The number of hydrogen-bond acceptors (Lipinski definition) is 3. The molecular weight excluding hydrogens is 204 g/mol. The molecule has 0 bridgehead atoms. The van der Waals surface area contributed by atoms with E-state index in [4.69, 9.17) is 4.74 Å². The van der Waals surface area contributed by atoms with Gasteiger partial charge in [-0.15, -0.1) is 0 Å². The molecule has 2 N–H and O–H groups in total. The van der Waals surface area contributed by atoms with Gasteiger partial charge in [0.25, 0.3) is 0 Å². The summed E-state index contributed by atoms with van der Waals surface area (Å²) in [4.78, 5) is 11.6. The van der Waals surface area contributed by atoms with Crippen LogP contribution in [-0.2, 0) is 9.53 Å². The van der Waals surface area contributed by atoms with E-state index in [2.05, 4.69) is 10.6 Å². The average molecular weight is 228 g/mol. The molecule has 1 rings (SSSR count). The van der Waals surface area contributed by atoms with Crippen LogP contribution in [0.2, 0.25) is 0 Å². The first-order chi connectivity index (χ1) is 7.59. The van der Waals surface area contributed by atoms with Crippen LogP contribution in [0.1, 0.15) is 33.6 Å². The SMILES string of the molecule is CC(C)NC(=O)C(C)NCC1CCCOC1. The summed E-state index contributed by atoms with van der Waals surface area (Å²) in [6, 6.07) is 0.0825. The third-order valence-electron chi connectivity index (χ3n) is 2.79. The lowest BCUT2D eigenvalue weighted by molar-refractivity contribution is -0.123. The van der Waals surface area contributed by atoms with Crippen molar-refractivity contribution in [2.75, 3.05) is 19.8 Å². The predicted molar refractivity (Wildman–Crippen MR) is 64.3 cm³/mol. The van der Waals surface area contributed by atoms with Crippen LogP contribution in [0.5, 0.6) is 0 Å². The Balaban J connectivity index is 2.17. The highest BCUT2D eigenvalue weighted by atomic mass is 16.5. The second kappa shape index (κ2) is 6.86. The van der Waals surface area contributed by atoms with E-state index in [9.17, 15) is 4.79 Å². The van der Waals surface area contributed by atoms with E-state index in [1.807, 2.05) is 20.8 Å². The molecule has 4 heteroatoms. The lowest BCUT2D eigenvalue weighted by Crippen LogP contribution is -2.46. The van der Waals surface area contributed by atoms with Gasteiger partial charge < -0.3 is 15.4 Å². The summed E-state index contributed by atoms with van der Waals surface area (Å²) in [5, 5.41) is 6.16. The molecule has 2 unspecified atom stereocenters. The van der Waals surface area contributed by atoms with Crippen LogP contribution in [0.4, 0.5) is 0 Å². The van der Waals surface area contributed by atoms with Crippen LogP contribution in [0.15, 0.2) is 0 Å². The zero-order valence-corrected chi connectivity index (χ0v) is 10.6. The van der Waals surface area contributed by atoms with Gasteiger partial charge >= 0.3 is 0 Å². The van der Waals surface area contributed by atoms with Crippen molar-refractivity contribution in [3.05, 3.63) is 0 Å². The third-order valence-corrected chi connectivity index (χ3v) is 2.79. The summed E-state index contributed by atoms with van der Waals surface area (Å²) in [6.07, 6.45) is 2.34. The molecule has 1 aliphatic heterocycles. The number of carbonyl (C=O) groups excluding carboxylic acids is 1. The van der Waals surface area contributed by atoms with Crippen LogP contribution in [-0.4, -0.2) is 37.7 Å². The molecule has 0 spiro atoms. The van der Waals surface area contributed by atoms with Gasteiger partial charge in [-0.3, -0.25) is 4.79 Å². The fourth-order valence-electron chi connectivity index (χ4n) is 1.81. The van der Waals surface area contributed by atoms with E-state index in [0.717, 1.165) is 26.2 Å². The van der Waals surface area contributed by atoms with Crippen molar-refractivity contribution in [2.45, 2.75) is 45.7 Å². The lowest BCUT2D eigenvalue weighted by Gasteiger charge is -2.24. The molecule has 1 heterocycles. The summed E-state index contributed by atoms with van der Waals surface area (Å²) in [6.45, 7) is 8.43. The monoisotopic (exact) mass is 228 g/mol. The lowest BCUT2D eigenvalue weighted by atomic mass is 10.0. The molecule has 4 nitrogen and oxygen atoms in total. The molecule has 2 atom stereocenters. The first kappa shape index (κ1) is 13.5. The van der Waals surface area contributed by atoms with Crippen molar-refractivity contribution >= 4 is 5.91 Å². The Kier molecular flexibility index (Phi) is 5.77. The van der Waals surface area contributed by atoms with Crippen LogP contribution in [0, 0.1) is 5.92 Å². The fourth-order valence-corrected chi connectivity index (χ4v) is 1.81. The summed E-state index contributed by atoms with van der Waals surface area (Å²) in [5.41, 5.74) is 0. The maximum absolute atomic E-state index is 11.6. The van der Waals surface area contributed by atoms with Gasteiger partial charge in [-0.25, -0.2) is 0 Å². The Morgan fingerprint density at radius 2 is 2.19 bits per heavy atom. The molecule has 0 radical (unpaired) electrons. The largest absolute Gasteiger partial charge is 0.381 e. The van der Waals surface area contributed by atoms with Gasteiger partial charge in [-0.05, 0) is 39.5 Å². The minimum Gasteiger partial charge on any atom is -0.381 e. The number of rotatable bonds is 5. The van der Waals surface area contributed by atoms with E-state index in [1.54, 1.807) is 0 Å². The molecule has 0 saturated carbocycles. The molecule has 1 fully saturated rings. The third kappa shape index (κ3) is 4.94. The van der Waals surface area contributed by atoms with Gasteiger partial charge in [-0.2, -0.15) is 0 Å². The summed E-state index contributed by atoms with van der Waals surface area (Å²) >= 11 is 0. The van der Waals surface area contributed by atoms with Crippen molar-refractivity contribution in [1.29, 1.82) is 0 Å². The fraction of sp³-hybridized carbons (Fsp3) is 0.917. The Morgan fingerprint density at radius 3 is 2.75 bits per heavy atom. The van der Waals surface area contributed by atoms with Crippen molar-refractivity contribution in [3.8, 4) is 0 Å². The highest BCUT2D eigenvalue weighted by Crippen LogP contribution is 2.12. The maximum atomic E-state index is 11.6. The Labute approximate surface area is 98.1 Å². The van der Waals surface area contributed by atoms with E-state index in [1.165, 1.54) is 6.42 Å². The van der Waals surface area contributed by atoms with E-state index in [-0.39, 0.29) is 18.0 Å². The first-order valence-corrected chi connectivity index (χ1v) is 6.21. The maximum Gasteiger partial charge on any atom is 0.237 e. The second-order valence-corrected chi connectivity index (χ2v) is 4.88. The van der Waals surface area contributed by atoms with Gasteiger partial charge in [0.15, 0.2) is 0 Å². The summed E-state index contributed by atoms with van der Waals surface area (Å²) in [5.74, 6) is 0.634. The normalized spacial score (nSPS) is 23.1. The highest BCUT2D eigenvalue weighted by Gasteiger charge is 2.17. The van der Waals surface area contributed by atoms with Crippen LogP contribution < -0.4 is 10.6 Å². The van der Waals surface area contributed by atoms with Crippen LogP contribution in [0.3, 0.4) is 0 Å². The molecule has 0 aliphatic carbocycles. The molecule has 1 saturated heterocycles. The van der Waals surface area contributed by atoms with Crippen LogP contribution >= 0.6 is 0 Å². The Bertz CT molecular complexity index is 213. The van der Waals surface area contributed by atoms with Crippen molar-refractivity contribution in [3.63, 3.8) is 0 Å². The van der Waals surface area contributed by atoms with Gasteiger partial charge in [0.2, 0.25) is 5.91 Å². The molecule has 0 aromatic carbocycles. The van der Waals surface area contributed by atoms with Crippen molar-refractivity contribution in [1.82, 2.24) is 10.6 Å². The second-order valence-electron chi connectivity index (χ2n) is 4.88. The first-order valence-electron chi connectivity index (χ1n) is 6.21. The minimum atomic E-state index is -0.121. The number of nitrogens with one attached hydrogen (secondary N) is 2. The van der Waals surface area contributed by atoms with Crippen LogP contribution in [0.25, 0.3) is 0 Å². The standard InChI is InChI=1S/C12H24N2O2/c1-9(2)14-12(15)10(3)13-7-11-5-4-6-16-8-11/h9-11,13H,4-8H2,1-3H3,(H,14,15). The number of carbonyl (C=O) groups is 1. The molecular formula is C12H24N2O2. The van der Waals surface area contributed by atoms with Crippen molar-refractivity contribution in [2.24, 2.45) is 5.92 Å². The molecule has 0 aromatic rings. The van der Waals surface area contributed by atoms with Gasteiger partial charge in [-0.1, -0.05) is 0 Å². The quantitative estimate of drug-likeness (QED) is 0.735. The minimum absolute atomic E-state index is 0.0757. The molecule has 94 valence electrons. The van der Waals surface area contributed by atoms with E-state index in [0.29, 0.717) is 5.92 Å². The Morgan fingerprint density at radius 1 is 1.44 bits per heavy atom. The number of hydrogen-bond donors (Lipinski definition) is 2. The molecule has 16 heavy (non-hydrogen) atoms. The Hall–Kier alpha value is -0.610. The van der Waals surface area contributed by atoms with Crippen molar-refractivity contribution < 1.29 is 9.53 Å². The van der Waals surface area contributed by atoms with E-state index < -0.39 is 0 Å². The van der Waals surface area contributed by atoms with Gasteiger partial charge in [0.05, 0.1) is 12.6 Å². The summed E-state index contributed by atoms with van der Waals surface area (Å²) in [7, 11) is 0. The van der Waals surface area contributed by atoms with Gasteiger partial charge in [0.1, 0.15) is 0 Å². The zero-order chi connectivity index (χ0) is 12.0. The number of amides is 1. The summed E-state index contributed by atoms with van der Waals surface area (Å²) < 4.78 is 5.40. The van der Waals surface area contributed by atoms with Gasteiger partial charge in [0, 0.05) is 19.2 Å². The molecule has 0 aromatic heterocycles. The highest BCUT2D eigenvalue weighted by molar-refractivity contribution is 5.81. The smallest absolute Gasteiger partial charge is 0.237 e. The zero-order valence-electron chi connectivity index (χ0n) is 10.6. The average Bonchev–Trinajstić information content (AvgIpc) is 2.26. The molecule has 1 amide bonds. The molecule has 1 aliphatic rings. The number of ether oxygens (including phenoxy) is 1. The predicted octanol–water partition coefficient (Wildman–Crippen LogP) is 0.916.